The van der Waals surface area contributed by atoms with E-state index in [-0.39, 0.29) is 11.9 Å². The first-order chi connectivity index (χ1) is 16.0. The maximum atomic E-state index is 11.7. The number of rotatable bonds is 9. The fourth-order valence-corrected chi connectivity index (χ4v) is 4.52. The molecule has 0 radical (unpaired) electrons. The Bertz CT molecular complexity index is 982. The first-order valence-electron chi connectivity index (χ1n) is 11.8. The van der Waals surface area contributed by atoms with Crippen LogP contribution in [0.3, 0.4) is 0 Å². The zero-order chi connectivity index (χ0) is 23.6. The SMILES string of the molecule is C=C(C)C(=O)OCCCC1CCC(c2ccc(-c3ccccc3)c(/C=C/C(=O)OC)c2)CC1. The minimum Gasteiger partial charge on any atom is -0.466 e. The van der Waals surface area contributed by atoms with Crippen molar-refractivity contribution in [3.8, 4) is 11.1 Å². The van der Waals surface area contributed by atoms with Gasteiger partial charge in [-0.25, -0.2) is 9.59 Å². The zero-order valence-electron chi connectivity index (χ0n) is 19.7. The molecule has 0 N–H and O–H groups in total. The Morgan fingerprint density at radius 3 is 2.45 bits per heavy atom. The van der Waals surface area contributed by atoms with Gasteiger partial charge in [0.25, 0.3) is 0 Å². The van der Waals surface area contributed by atoms with Gasteiger partial charge in [0.2, 0.25) is 0 Å². The van der Waals surface area contributed by atoms with Gasteiger partial charge in [0.1, 0.15) is 0 Å². The van der Waals surface area contributed by atoms with Crippen LogP contribution in [-0.2, 0) is 19.1 Å². The van der Waals surface area contributed by atoms with Gasteiger partial charge in [-0.15, -0.1) is 0 Å². The third kappa shape index (κ3) is 7.18. The summed E-state index contributed by atoms with van der Waals surface area (Å²) in [5.41, 5.74) is 5.05. The Morgan fingerprint density at radius 2 is 1.79 bits per heavy atom. The van der Waals surface area contributed by atoms with Gasteiger partial charge in [0.05, 0.1) is 13.7 Å². The highest BCUT2D eigenvalue weighted by molar-refractivity contribution is 5.89. The van der Waals surface area contributed by atoms with Crippen LogP contribution in [0.2, 0.25) is 0 Å². The van der Waals surface area contributed by atoms with Crippen molar-refractivity contribution >= 4 is 18.0 Å². The molecule has 3 rings (SSSR count). The molecule has 2 aromatic rings. The van der Waals surface area contributed by atoms with Crippen molar-refractivity contribution in [2.24, 2.45) is 5.92 Å². The van der Waals surface area contributed by atoms with Gasteiger partial charge in [-0.2, -0.15) is 0 Å². The summed E-state index contributed by atoms with van der Waals surface area (Å²) < 4.78 is 10.00. The molecule has 0 heterocycles. The molecule has 0 bridgehead atoms. The molecule has 0 amide bonds. The van der Waals surface area contributed by atoms with E-state index in [4.69, 9.17) is 9.47 Å². The molecular formula is C29H34O4. The van der Waals surface area contributed by atoms with E-state index in [2.05, 4.69) is 36.9 Å². The molecule has 1 aliphatic rings. The highest BCUT2D eigenvalue weighted by Gasteiger charge is 2.23. The molecule has 0 saturated heterocycles. The predicted molar refractivity (Wildman–Crippen MR) is 133 cm³/mol. The quantitative estimate of drug-likeness (QED) is 0.244. The van der Waals surface area contributed by atoms with Crippen molar-refractivity contribution in [1.82, 2.24) is 0 Å². The summed E-state index contributed by atoms with van der Waals surface area (Å²) in [6.45, 7) is 5.76. The lowest BCUT2D eigenvalue weighted by Gasteiger charge is -2.29. The van der Waals surface area contributed by atoms with Gasteiger partial charge >= 0.3 is 11.9 Å². The van der Waals surface area contributed by atoms with E-state index in [1.54, 1.807) is 6.92 Å². The summed E-state index contributed by atoms with van der Waals surface area (Å²) in [6, 6.07) is 16.9. The number of methoxy groups -OCH3 is 1. The van der Waals surface area contributed by atoms with Crippen LogP contribution in [0, 0.1) is 5.92 Å². The molecule has 33 heavy (non-hydrogen) atoms. The van der Waals surface area contributed by atoms with Gasteiger partial charge in [0.15, 0.2) is 0 Å². The maximum absolute atomic E-state index is 11.7. The number of benzene rings is 2. The topological polar surface area (TPSA) is 52.6 Å². The lowest BCUT2D eigenvalue weighted by molar-refractivity contribution is -0.139. The van der Waals surface area contributed by atoms with E-state index >= 15 is 0 Å². The molecule has 0 unspecified atom stereocenters. The van der Waals surface area contributed by atoms with Crippen molar-refractivity contribution in [2.45, 2.75) is 51.4 Å². The molecule has 0 aromatic heterocycles. The summed E-state index contributed by atoms with van der Waals surface area (Å²) in [4.78, 5) is 23.2. The van der Waals surface area contributed by atoms with Crippen LogP contribution in [0.1, 0.15) is 62.5 Å². The van der Waals surface area contributed by atoms with Crippen LogP contribution in [0.5, 0.6) is 0 Å². The summed E-state index contributed by atoms with van der Waals surface area (Å²) in [6.07, 6.45) is 10.0. The molecule has 0 spiro atoms. The number of ether oxygens (including phenoxy) is 2. The van der Waals surface area contributed by atoms with Gasteiger partial charge in [-0.05, 0) is 85.6 Å². The molecule has 4 nitrogen and oxygen atoms in total. The monoisotopic (exact) mass is 446 g/mol. The Labute approximate surface area is 197 Å². The van der Waals surface area contributed by atoms with Crippen LogP contribution in [0.25, 0.3) is 17.2 Å². The first-order valence-corrected chi connectivity index (χ1v) is 11.8. The number of esters is 2. The molecule has 2 aromatic carbocycles. The predicted octanol–water partition coefficient (Wildman–Crippen LogP) is 6.71. The van der Waals surface area contributed by atoms with E-state index in [1.165, 1.54) is 31.6 Å². The highest BCUT2D eigenvalue weighted by atomic mass is 16.5. The minimum absolute atomic E-state index is 0.297. The molecule has 0 aliphatic heterocycles. The van der Waals surface area contributed by atoms with Crippen LogP contribution in [0.15, 0.2) is 66.8 Å². The average molecular weight is 447 g/mol. The van der Waals surface area contributed by atoms with Crippen molar-refractivity contribution < 1.29 is 19.1 Å². The molecule has 1 aliphatic carbocycles. The molecular weight excluding hydrogens is 412 g/mol. The number of hydrogen-bond donors (Lipinski definition) is 0. The van der Waals surface area contributed by atoms with Gasteiger partial charge in [-0.3, -0.25) is 0 Å². The molecule has 1 fully saturated rings. The molecule has 0 atom stereocenters. The van der Waals surface area contributed by atoms with Gasteiger partial charge in [0, 0.05) is 11.6 Å². The Balaban J connectivity index is 1.63. The van der Waals surface area contributed by atoms with Crippen molar-refractivity contribution in [3.05, 3.63) is 77.9 Å². The smallest absolute Gasteiger partial charge is 0.333 e. The fourth-order valence-electron chi connectivity index (χ4n) is 4.52. The molecule has 1 saturated carbocycles. The number of carbonyl (C=O) groups is 2. The standard InChI is InChI=1S/C29H34O4/c1-21(2)29(31)33-19-7-8-22-11-13-23(14-12-22)25-15-17-27(24-9-5-4-6-10-24)26(20-25)16-18-28(30)32-3/h4-6,9-10,15-18,20,22-23H,1,7-8,11-14,19H2,2-3H3/b18-16+. The number of carbonyl (C=O) groups excluding carboxylic acids is 2. The van der Waals surface area contributed by atoms with E-state index in [1.807, 2.05) is 24.3 Å². The Morgan fingerprint density at radius 1 is 1.06 bits per heavy atom. The van der Waals surface area contributed by atoms with Crippen LogP contribution in [0.4, 0.5) is 0 Å². The molecule has 174 valence electrons. The minimum atomic E-state index is -0.353. The van der Waals surface area contributed by atoms with Gasteiger partial charge in [-0.1, -0.05) is 55.1 Å². The van der Waals surface area contributed by atoms with E-state index < -0.39 is 0 Å². The average Bonchev–Trinajstić information content (AvgIpc) is 2.85. The van der Waals surface area contributed by atoms with Gasteiger partial charge < -0.3 is 9.47 Å². The maximum Gasteiger partial charge on any atom is 0.333 e. The largest absolute Gasteiger partial charge is 0.466 e. The van der Waals surface area contributed by atoms with Crippen molar-refractivity contribution in [2.75, 3.05) is 13.7 Å². The lowest BCUT2D eigenvalue weighted by atomic mass is 9.76. The third-order valence-electron chi connectivity index (χ3n) is 6.42. The van der Waals surface area contributed by atoms with Crippen molar-refractivity contribution in [1.29, 1.82) is 0 Å². The summed E-state index contributed by atoms with van der Waals surface area (Å²) in [7, 11) is 1.39. The van der Waals surface area contributed by atoms with E-state index in [0.717, 1.165) is 42.4 Å². The normalized spacial score (nSPS) is 18.1. The van der Waals surface area contributed by atoms with E-state index in [9.17, 15) is 9.59 Å². The zero-order valence-corrected chi connectivity index (χ0v) is 19.7. The highest BCUT2D eigenvalue weighted by Crippen LogP contribution is 2.39. The number of hydrogen-bond acceptors (Lipinski definition) is 4. The lowest BCUT2D eigenvalue weighted by Crippen LogP contribution is -2.15. The Hall–Kier alpha value is -3.14. The van der Waals surface area contributed by atoms with Crippen LogP contribution >= 0.6 is 0 Å². The summed E-state index contributed by atoms with van der Waals surface area (Å²) in [5, 5.41) is 0. The first kappa shape index (κ1) is 24.5. The Kier molecular flexibility index (Phi) is 9.05. The van der Waals surface area contributed by atoms with Crippen molar-refractivity contribution in [3.63, 3.8) is 0 Å². The second kappa shape index (κ2) is 12.2. The van der Waals surface area contributed by atoms with Crippen LogP contribution in [-0.4, -0.2) is 25.7 Å². The summed E-state index contributed by atoms with van der Waals surface area (Å²) in [5.74, 6) is 0.563. The molecule has 4 heteroatoms. The fraction of sp³-hybridized carbons (Fsp3) is 0.379. The third-order valence-corrected chi connectivity index (χ3v) is 6.42. The van der Waals surface area contributed by atoms with Crippen LogP contribution < -0.4 is 0 Å². The van der Waals surface area contributed by atoms with E-state index in [0.29, 0.717) is 24.0 Å². The second-order valence-electron chi connectivity index (χ2n) is 8.85. The summed E-state index contributed by atoms with van der Waals surface area (Å²) >= 11 is 0. The second-order valence-corrected chi connectivity index (χ2v) is 8.85.